The third-order valence-corrected chi connectivity index (χ3v) is 6.13. The normalized spacial score (nSPS) is 16.2. The van der Waals surface area contributed by atoms with Gasteiger partial charge in [-0.25, -0.2) is 4.79 Å². The number of carbonyl (C=O) groups excluding carboxylic acids is 1. The lowest BCUT2D eigenvalue weighted by Gasteiger charge is -2.26. The van der Waals surface area contributed by atoms with E-state index in [0.717, 1.165) is 39.3 Å². The van der Waals surface area contributed by atoms with Crippen molar-refractivity contribution in [3.63, 3.8) is 0 Å². The fraction of sp³-hybridized carbons (Fsp3) is 0.227. The molecular weight excluding hydrogens is 372 g/mol. The van der Waals surface area contributed by atoms with Crippen molar-refractivity contribution < 1.29 is 14.3 Å². The lowest BCUT2D eigenvalue weighted by atomic mass is 10.1. The molecule has 0 spiro atoms. The number of ether oxygens (including phenoxy) is 2. The van der Waals surface area contributed by atoms with Crippen LogP contribution in [0.2, 0.25) is 0 Å². The molecule has 0 saturated carbocycles. The van der Waals surface area contributed by atoms with Crippen LogP contribution in [0.1, 0.15) is 10.9 Å². The number of nitrogens with one attached hydrogen (secondary N) is 1. The highest BCUT2D eigenvalue weighted by atomic mass is 32.2. The van der Waals surface area contributed by atoms with E-state index in [2.05, 4.69) is 5.32 Å². The number of fused-ring (bicyclic) bond motifs is 1. The second-order valence-corrected chi connectivity index (χ2v) is 7.67. The quantitative estimate of drug-likeness (QED) is 0.666. The fourth-order valence-electron chi connectivity index (χ4n) is 3.48. The molecule has 0 aromatic heterocycles. The highest BCUT2D eigenvalue weighted by Crippen LogP contribution is 2.43. The average molecular weight is 394 g/mol. The minimum Gasteiger partial charge on any atom is -0.497 e. The van der Waals surface area contributed by atoms with Crippen LogP contribution in [-0.4, -0.2) is 37.4 Å². The van der Waals surface area contributed by atoms with Crippen molar-refractivity contribution in [1.29, 1.82) is 0 Å². The predicted molar refractivity (Wildman–Crippen MR) is 114 cm³/mol. The third-order valence-electron chi connectivity index (χ3n) is 4.89. The lowest BCUT2D eigenvalue weighted by Crippen LogP contribution is -2.34. The van der Waals surface area contributed by atoms with Gasteiger partial charge in [-0.2, -0.15) is 0 Å². The molecule has 2 amide bonds. The highest BCUT2D eigenvalue weighted by Gasteiger charge is 2.33. The van der Waals surface area contributed by atoms with Crippen LogP contribution in [-0.2, 0) is 0 Å². The van der Waals surface area contributed by atoms with Gasteiger partial charge in [0, 0.05) is 29.3 Å². The Labute approximate surface area is 168 Å². The fourth-order valence-corrected chi connectivity index (χ4v) is 4.76. The van der Waals surface area contributed by atoms with Crippen LogP contribution in [0.5, 0.6) is 11.5 Å². The molecule has 3 aromatic carbocycles. The molecule has 0 unspecified atom stereocenters. The summed E-state index contributed by atoms with van der Waals surface area (Å²) in [5, 5.41) is 5.13. The Balaban J connectivity index is 1.61. The van der Waals surface area contributed by atoms with Gasteiger partial charge >= 0.3 is 6.03 Å². The molecule has 1 fully saturated rings. The zero-order chi connectivity index (χ0) is 19.5. The van der Waals surface area contributed by atoms with Crippen LogP contribution in [0.15, 0.2) is 60.7 Å². The maximum absolute atomic E-state index is 13.1. The number of hydrogen-bond acceptors (Lipinski definition) is 4. The molecule has 1 N–H and O–H groups in total. The Morgan fingerprint density at radius 1 is 1.07 bits per heavy atom. The van der Waals surface area contributed by atoms with Crippen molar-refractivity contribution in [3.05, 3.63) is 66.2 Å². The van der Waals surface area contributed by atoms with Crippen LogP contribution < -0.4 is 14.8 Å². The van der Waals surface area contributed by atoms with Gasteiger partial charge in [-0.15, -0.1) is 11.8 Å². The number of carbonyl (C=O) groups is 1. The predicted octanol–water partition coefficient (Wildman–Crippen LogP) is 5.14. The zero-order valence-corrected chi connectivity index (χ0v) is 16.7. The molecule has 5 nitrogen and oxygen atoms in total. The Bertz CT molecular complexity index is 1000. The molecule has 1 saturated heterocycles. The molecule has 144 valence electrons. The van der Waals surface area contributed by atoms with E-state index in [1.54, 1.807) is 26.0 Å². The van der Waals surface area contributed by atoms with Crippen LogP contribution in [0, 0.1) is 0 Å². The number of urea groups is 1. The summed E-state index contributed by atoms with van der Waals surface area (Å²) in [5.41, 5.74) is 1.79. The van der Waals surface area contributed by atoms with E-state index < -0.39 is 0 Å². The van der Waals surface area contributed by atoms with Crippen LogP contribution in [0.4, 0.5) is 10.5 Å². The Morgan fingerprint density at radius 3 is 2.71 bits per heavy atom. The van der Waals surface area contributed by atoms with E-state index in [0.29, 0.717) is 6.54 Å². The largest absolute Gasteiger partial charge is 0.497 e. The van der Waals surface area contributed by atoms with Gasteiger partial charge in [0.05, 0.1) is 19.9 Å². The molecular formula is C22H22N2O3S. The number of rotatable bonds is 4. The van der Waals surface area contributed by atoms with Gasteiger partial charge in [-0.05, 0) is 23.6 Å². The zero-order valence-electron chi connectivity index (χ0n) is 15.8. The number of methoxy groups -OCH3 is 2. The van der Waals surface area contributed by atoms with E-state index in [-0.39, 0.29) is 11.4 Å². The summed E-state index contributed by atoms with van der Waals surface area (Å²) >= 11 is 1.73. The number of anilines is 1. The van der Waals surface area contributed by atoms with Gasteiger partial charge in [-0.3, -0.25) is 0 Å². The van der Waals surface area contributed by atoms with E-state index in [1.807, 2.05) is 65.6 Å². The number of nitrogens with zero attached hydrogens (tertiary/aromatic N) is 1. The molecule has 1 aliphatic rings. The molecule has 28 heavy (non-hydrogen) atoms. The number of benzene rings is 3. The summed E-state index contributed by atoms with van der Waals surface area (Å²) < 4.78 is 10.8. The first-order chi connectivity index (χ1) is 13.7. The summed E-state index contributed by atoms with van der Waals surface area (Å²) in [4.78, 5) is 15.0. The second-order valence-electron chi connectivity index (χ2n) is 6.48. The second kappa shape index (κ2) is 8.02. The molecule has 0 aliphatic carbocycles. The van der Waals surface area contributed by atoms with Gasteiger partial charge in [0.1, 0.15) is 16.9 Å². The molecule has 6 heteroatoms. The maximum Gasteiger partial charge on any atom is 0.323 e. The van der Waals surface area contributed by atoms with Crippen molar-refractivity contribution in [2.75, 3.05) is 31.8 Å². The standard InChI is InChI=1S/C22H22N2O3S/c1-26-16-10-11-18(20(14-16)27-2)21-24(12-13-28-21)22(25)23-19-9-5-7-15-6-3-4-8-17(15)19/h3-11,14,21H,12-13H2,1-2H3,(H,23,25)/t21-/m1/s1. The summed E-state index contributed by atoms with van der Waals surface area (Å²) in [6.07, 6.45) is 0. The summed E-state index contributed by atoms with van der Waals surface area (Å²) in [6, 6.07) is 19.6. The summed E-state index contributed by atoms with van der Waals surface area (Å²) in [5.74, 6) is 2.33. The lowest BCUT2D eigenvalue weighted by molar-refractivity contribution is 0.213. The smallest absolute Gasteiger partial charge is 0.323 e. The van der Waals surface area contributed by atoms with Crippen molar-refractivity contribution in [2.24, 2.45) is 0 Å². The topological polar surface area (TPSA) is 50.8 Å². The van der Waals surface area contributed by atoms with E-state index in [9.17, 15) is 4.79 Å². The highest BCUT2D eigenvalue weighted by molar-refractivity contribution is 7.99. The van der Waals surface area contributed by atoms with Crippen molar-refractivity contribution in [2.45, 2.75) is 5.37 Å². The van der Waals surface area contributed by atoms with Crippen LogP contribution in [0.3, 0.4) is 0 Å². The maximum atomic E-state index is 13.1. The molecule has 4 rings (SSSR count). The van der Waals surface area contributed by atoms with E-state index in [1.165, 1.54) is 0 Å². The first-order valence-electron chi connectivity index (χ1n) is 9.10. The number of amides is 2. The molecule has 1 heterocycles. The molecule has 3 aromatic rings. The first-order valence-corrected chi connectivity index (χ1v) is 10.1. The Hall–Kier alpha value is -2.86. The molecule has 1 atom stereocenters. The Morgan fingerprint density at radius 2 is 1.89 bits per heavy atom. The van der Waals surface area contributed by atoms with Crippen LogP contribution >= 0.6 is 11.8 Å². The molecule has 0 radical (unpaired) electrons. The third kappa shape index (κ3) is 3.47. The van der Waals surface area contributed by atoms with Crippen molar-refractivity contribution in [3.8, 4) is 11.5 Å². The molecule has 1 aliphatic heterocycles. The van der Waals surface area contributed by atoms with Crippen molar-refractivity contribution in [1.82, 2.24) is 4.90 Å². The number of thioether (sulfide) groups is 1. The number of hydrogen-bond donors (Lipinski definition) is 1. The van der Waals surface area contributed by atoms with Crippen LogP contribution in [0.25, 0.3) is 10.8 Å². The van der Waals surface area contributed by atoms with Gasteiger partial charge in [0.2, 0.25) is 0 Å². The van der Waals surface area contributed by atoms with Gasteiger partial charge in [0.15, 0.2) is 0 Å². The molecule has 0 bridgehead atoms. The van der Waals surface area contributed by atoms with Gasteiger partial charge in [0.25, 0.3) is 0 Å². The van der Waals surface area contributed by atoms with E-state index in [4.69, 9.17) is 9.47 Å². The average Bonchev–Trinajstić information content (AvgIpc) is 3.23. The summed E-state index contributed by atoms with van der Waals surface area (Å²) in [7, 11) is 3.26. The first kappa shape index (κ1) is 18.5. The minimum atomic E-state index is -0.107. The minimum absolute atomic E-state index is 0.101. The monoisotopic (exact) mass is 394 g/mol. The van der Waals surface area contributed by atoms with Gasteiger partial charge in [-0.1, -0.05) is 36.4 Å². The van der Waals surface area contributed by atoms with Gasteiger partial charge < -0.3 is 19.7 Å². The summed E-state index contributed by atoms with van der Waals surface area (Å²) in [6.45, 7) is 0.682. The van der Waals surface area contributed by atoms with E-state index >= 15 is 0 Å². The van der Waals surface area contributed by atoms with Crippen molar-refractivity contribution >= 4 is 34.3 Å². The SMILES string of the molecule is COc1ccc([C@H]2SCCN2C(=O)Nc2cccc3ccccc23)c(OC)c1. The Kier molecular flexibility index (Phi) is 5.30.